The number of nitrogens with one attached hydrogen (secondary N) is 1. The third-order valence-electron chi connectivity index (χ3n) is 4.11. The average Bonchev–Trinajstić information content (AvgIpc) is 3.39. The maximum absolute atomic E-state index is 12.8. The molecule has 8 nitrogen and oxygen atoms in total. The molecule has 2 heterocycles. The van der Waals surface area contributed by atoms with Crippen molar-refractivity contribution in [2.24, 2.45) is 0 Å². The summed E-state index contributed by atoms with van der Waals surface area (Å²) >= 11 is 1.50. The van der Waals surface area contributed by atoms with Crippen LogP contribution in [0.4, 0.5) is 6.01 Å². The minimum atomic E-state index is -3.59. The van der Waals surface area contributed by atoms with Gasteiger partial charge in [-0.05, 0) is 48.6 Å². The molecule has 0 radical (unpaired) electrons. The van der Waals surface area contributed by atoms with Gasteiger partial charge in [0, 0.05) is 29.6 Å². The second-order valence-corrected chi connectivity index (χ2v) is 9.02. The fraction of sp³-hybridized carbons (Fsp3) is 0.316. The Hall–Kier alpha value is -2.56. The number of nitrogens with zero attached hydrogens (tertiary/aromatic N) is 3. The topological polar surface area (TPSA) is 105 Å². The van der Waals surface area contributed by atoms with Crippen molar-refractivity contribution in [2.45, 2.75) is 31.6 Å². The number of benzene rings is 1. The zero-order valence-corrected chi connectivity index (χ0v) is 17.8. The monoisotopic (exact) mass is 434 g/mol. The van der Waals surface area contributed by atoms with E-state index in [1.165, 1.54) is 39.9 Å². The number of hydrogen-bond donors (Lipinski definition) is 1. The van der Waals surface area contributed by atoms with E-state index in [2.05, 4.69) is 15.5 Å². The molecular weight excluding hydrogens is 412 g/mol. The number of thiophene rings is 1. The number of rotatable bonds is 9. The molecular formula is C19H22N4O4S2. The zero-order chi connectivity index (χ0) is 20.9. The predicted octanol–water partition coefficient (Wildman–Crippen LogP) is 3.86. The van der Waals surface area contributed by atoms with Crippen molar-refractivity contribution in [3.05, 3.63) is 46.7 Å². The highest BCUT2D eigenvalue weighted by atomic mass is 32.2. The minimum Gasteiger partial charge on any atom is -0.403 e. The first-order chi connectivity index (χ1) is 14.0. The lowest BCUT2D eigenvalue weighted by atomic mass is 10.2. The molecule has 0 aliphatic carbocycles. The predicted molar refractivity (Wildman–Crippen MR) is 111 cm³/mol. The Labute approximate surface area is 173 Å². The molecule has 1 amide bonds. The van der Waals surface area contributed by atoms with Gasteiger partial charge in [-0.1, -0.05) is 18.9 Å². The summed E-state index contributed by atoms with van der Waals surface area (Å²) in [6.07, 6.45) is 1.47. The lowest BCUT2D eigenvalue weighted by molar-refractivity contribution is 0.102. The quantitative estimate of drug-likeness (QED) is 0.548. The fourth-order valence-electron chi connectivity index (χ4n) is 2.72. The maximum Gasteiger partial charge on any atom is 0.322 e. The molecule has 3 rings (SSSR count). The van der Waals surface area contributed by atoms with Gasteiger partial charge >= 0.3 is 6.01 Å². The molecule has 0 spiro atoms. The zero-order valence-electron chi connectivity index (χ0n) is 16.2. The molecule has 29 heavy (non-hydrogen) atoms. The Bertz CT molecular complexity index is 1040. The number of anilines is 1. The molecule has 154 valence electrons. The standard InChI is InChI=1S/C19H22N4O4S2/c1-3-10-23(11-4-2)29(25,26)16-7-5-14(6-8-16)17(24)20-19-22-21-18(27-19)15-9-12-28-13-15/h5-9,12-13H,3-4,10-11H2,1-2H3,(H,20,22,24). The van der Waals surface area contributed by atoms with Gasteiger partial charge in [-0.25, -0.2) is 8.42 Å². The van der Waals surface area contributed by atoms with Gasteiger partial charge in [0.25, 0.3) is 11.8 Å². The van der Waals surface area contributed by atoms with E-state index in [9.17, 15) is 13.2 Å². The summed E-state index contributed by atoms with van der Waals surface area (Å²) in [4.78, 5) is 12.6. The van der Waals surface area contributed by atoms with Crippen LogP contribution in [0, 0.1) is 0 Å². The van der Waals surface area contributed by atoms with Crippen LogP contribution in [0.5, 0.6) is 0 Å². The van der Waals surface area contributed by atoms with Crippen LogP contribution in [0.15, 0.2) is 50.4 Å². The highest BCUT2D eigenvalue weighted by Crippen LogP contribution is 2.22. The Kier molecular flexibility index (Phi) is 6.78. The largest absolute Gasteiger partial charge is 0.403 e. The number of carbonyl (C=O) groups excluding carboxylic acids is 1. The van der Waals surface area contributed by atoms with Gasteiger partial charge in [-0.2, -0.15) is 15.6 Å². The Morgan fingerprint density at radius 1 is 1.10 bits per heavy atom. The van der Waals surface area contributed by atoms with Crippen molar-refractivity contribution >= 4 is 33.3 Å². The molecule has 0 aliphatic rings. The first-order valence-electron chi connectivity index (χ1n) is 9.23. The van der Waals surface area contributed by atoms with E-state index >= 15 is 0 Å². The first-order valence-corrected chi connectivity index (χ1v) is 11.6. The Morgan fingerprint density at radius 3 is 2.38 bits per heavy atom. The highest BCUT2D eigenvalue weighted by Gasteiger charge is 2.23. The van der Waals surface area contributed by atoms with Crippen molar-refractivity contribution in [1.29, 1.82) is 0 Å². The molecule has 0 atom stereocenters. The molecule has 0 bridgehead atoms. The van der Waals surface area contributed by atoms with E-state index in [0.29, 0.717) is 19.0 Å². The van der Waals surface area contributed by atoms with Crippen molar-refractivity contribution in [2.75, 3.05) is 18.4 Å². The van der Waals surface area contributed by atoms with Gasteiger partial charge in [0.05, 0.1) is 4.90 Å². The molecule has 0 saturated heterocycles. The summed E-state index contributed by atoms with van der Waals surface area (Å²) in [7, 11) is -3.59. The van der Waals surface area contributed by atoms with Gasteiger partial charge in [0.2, 0.25) is 10.0 Å². The van der Waals surface area contributed by atoms with Gasteiger partial charge in [0.1, 0.15) is 0 Å². The number of carbonyl (C=O) groups is 1. The number of sulfonamides is 1. The molecule has 0 saturated carbocycles. The fourth-order valence-corrected chi connectivity index (χ4v) is 4.98. The van der Waals surface area contributed by atoms with Crippen LogP contribution in [0.2, 0.25) is 0 Å². The van der Waals surface area contributed by atoms with Gasteiger partial charge in [-0.15, -0.1) is 5.10 Å². The lowest BCUT2D eigenvalue weighted by Crippen LogP contribution is -2.32. The van der Waals surface area contributed by atoms with E-state index in [-0.39, 0.29) is 16.5 Å². The first kappa shape index (κ1) is 21.2. The van der Waals surface area contributed by atoms with Crippen LogP contribution in [0.25, 0.3) is 11.5 Å². The average molecular weight is 435 g/mol. The lowest BCUT2D eigenvalue weighted by Gasteiger charge is -2.21. The van der Waals surface area contributed by atoms with Gasteiger partial charge in [0.15, 0.2) is 0 Å². The molecule has 10 heteroatoms. The highest BCUT2D eigenvalue weighted by molar-refractivity contribution is 7.89. The third-order valence-corrected chi connectivity index (χ3v) is 6.71. The van der Waals surface area contributed by atoms with Crippen LogP contribution >= 0.6 is 11.3 Å². The molecule has 0 aliphatic heterocycles. The maximum atomic E-state index is 12.8. The SMILES string of the molecule is CCCN(CCC)S(=O)(=O)c1ccc(C(=O)Nc2nnc(-c3ccsc3)o2)cc1. The van der Waals surface area contributed by atoms with Crippen LogP contribution < -0.4 is 5.32 Å². The summed E-state index contributed by atoms with van der Waals surface area (Å²) < 4.78 is 32.5. The normalized spacial score (nSPS) is 11.7. The van der Waals surface area contributed by atoms with E-state index in [1.807, 2.05) is 30.7 Å². The summed E-state index contributed by atoms with van der Waals surface area (Å²) in [6, 6.07) is 7.62. The molecule has 0 fully saturated rings. The molecule has 1 aromatic carbocycles. The van der Waals surface area contributed by atoms with Gasteiger partial charge in [-0.3, -0.25) is 10.1 Å². The number of aromatic nitrogens is 2. The van der Waals surface area contributed by atoms with Crippen molar-refractivity contribution < 1.29 is 17.6 Å². The summed E-state index contributed by atoms with van der Waals surface area (Å²) in [5.41, 5.74) is 1.07. The smallest absolute Gasteiger partial charge is 0.322 e. The molecule has 0 unspecified atom stereocenters. The van der Waals surface area contributed by atoms with Crippen LogP contribution in [0.1, 0.15) is 37.0 Å². The Balaban J connectivity index is 1.71. The third kappa shape index (κ3) is 4.89. The van der Waals surface area contributed by atoms with Crippen molar-refractivity contribution in [3.63, 3.8) is 0 Å². The number of hydrogen-bond acceptors (Lipinski definition) is 7. The van der Waals surface area contributed by atoms with E-state index in [0.717, 1.165) is 18.4 Å². The van der Waals surface area contributed by atoms with Crippen molar-refractivity contribution in [3.8, 4) is 11.5 Å². The van der Waals surface area contributed by atoms with E-state index in [4.69, 9.17) is 4.42 Å². The van der Waals surface area contributed by atoms with Gasteiger partial charge < -0.3 is 4.42 Å². The van der Waals surface area contributed by atoms with Crippen LogP contribution in [-0.4, -0.2) is 41.9 Å². The van der Waals surface area contributed by atoms with E-state index in [1.54, 1.807) is 0 Å². The van der Waals surface area contributed by atoms with E-state index < -0.39 is 15.9 Å². The molecule has 3 aromatic rings. The van der Waals surface area contributed by atoms with Crippen LogP contribution in [-0.2, 0) is 10.0 Å². The second kappa shape index (κ2) is 9.29. The number of amides is 1. The molecule has 2 aromatic heterocycles. The Morgan fingerprint density at radius 2 is 1.79 bits per heavy atom. The van der Waals surface area contributed by atoms with Crippen molar-refractivity contribution in [1.82, 2.24) is 14.5 Å². The molecule has 1 N–H and O–H groups in total. The second-order valence-electron chi connectivity index (χ2n) is 6.31. The van der Waals surface area contributed by atoms with Crippen LogP contribution in [0.3, 0.4) is 0 Å². The summed E-state index contributed by atoms with van der Waals surface area (Å²) in [6.45, 7) is 4.80. The minimum absolute atomic E-state index is 0.0232. The summed E-state index contributed by atoms with van der Waals surface area (Å²) in [5, 5.41) is 14.0. The summed E-state index contributed by atoms with van der Waals surface area (Å²) in [5.74, 6) is -0.150.